The third kappa shape index (κ3) is 4.16. The van der Waals surface area contributed by atoms with E-state index < -0.39 is 10.0 Å². The van der Waals surface area contributed by atoms with Crippen molar-refractivity contribution in [1.29, 1.82) is 0 Å². The Kier molecular flexibility index (Phi) is 5.84. The van der Waals surface area contributed by atoms with E-state index in [1.807, 2.05) is 0 Å². The molecule has 0 spiro atoms. The van der Waals surface area contributed by atoms with Crippen molar-refractivity contribution >= 4 is 10.0 Å². The number of nitrogens with one attached hydrogen (secondary N) is 1. The van der Waals surface area contributed by atoms with E-state index in [1.54, 1.807) is 4.31 Å². The Morgan fingerprint density at radius 1 is 1.30 bits per heavy atom. The summed E-state index contributed by atoms with van der Waals surface area (Å²) >= 11 is 0. The Morgan fingerprint density at radius 3 is 2.55 bits per heavy atom. The van der Waals surface area contributed by atoms with Crippen LogP contribution >= 0.6 is 0 Å². The summed E-state index contributed by atoms with van der Waals surface area (Å²) in [4.78, 5) is 0. The number of nitrogens with zero attached hydrogens (tertiary/aromatic N) is 1. The van der Waals surface area contributed by atoms with E-state index in [0.717, 1.165) is 32.2 Å². The molecule has 5 nitrogen and oxygen atoms in total. The van der Waals surface area contributed by atoms with Gasteiger partial charge in [-0.15, -0.1) is 0 Å². The van der Waals surface area contributed by atoms with Crippen LogP contribution in [0.5, 0.6) is 0 Å². The molecule has 2 heterocycles. The maximum atomic E-state index is 12.4. The Morgan fingerprint density at radius 2 is 2.00 bits per heavy atom. The van der Waals surface area contributed by atoms with Crippen LogP contribution in [0.4, 0.5) is 0 Å². The zero-order valence-electron chi connectivity index (χ0n) is 12.7. The lowest BCUT2D eigenvalue weighted by molar-refractivity contribution is 0.125. The van der Waals surface area contributed by atoms with Crippen molar-refractivity contribution in [3.63, 3.8) is 0 Å². The van der Waals surface area contributed by atoms with Crippen LogP contribution in [0.15, 0.2) is 0 Å². The molecule has 2 rings (SSSR count). The Labute approximate surface area is 123 Å². The predicted octanol–water partition coefficient (Wildman–Crippen LogP) is 1.21. The van der Waals surface area contributed by atoms with Gasteiger partial charge in [0.25, 0.3) is 0 Å². The van der Waals surface area contributed by atoms with Crippen LogP contribution in [-0.2, 0) is 14.8 Å². The molecule has 0 aliphatic carbocycles. The lowest BCUT2D eigenvalue weighted by Crippen LogP contribution is -2.45. The topological polar surface area (TPSA) is 58.6 Å². The standard InChI is InChI=1S/C14H28N2O3S/c1-3-15-12(2)13-6-8-16(9-7-13)20(17,18)11-14-5-4-10-19-14/h12-15H,3-11H2,1-2H3. The molecule has 0 aromatic heterocycles. The highest BCUT2D eigenvalue weighted by Gasteiger charge is 2.32. The van der Waals surface area contributed by atoms with Crippen LogP contribution in [0.2, 0.25) is 0 Å². The van der Waals surface area contributed by atoms with E-state index in [1.165, 1.54) is 0 Å². The Balaban J connectivity index is 1.82. The fraction of sp³-hybridized carbons (Fsp3) is 1.00. The number of piperidine rings is 1. The van der Waals surface area contributed by atoms with E-state index in [0.29, 0.717) is 31.7 Å². The Bertz CT molecular complexity index is 385. The molecule has 6 heteroatoms. The largest absolute Gasteiger partial charge is 0.377 e. The number of ether oxygens (including phenoxy) is 1. The maximum Gasteiger partial charge on any atom is 0.216 e. The maximum absolute atomic E-state index is 12.4. The molecule has 0 aromatic rings. The molecule has 118 valence electrons. The SMILES string of the molecule is CCNC(C)C1CCN(S(=O)(=O)CC2CCCO2)CC1. The smallest absolute Gasteiger partial charge is 0.216 e. The highest BCUT2D eigenvalue weighted by Crippen LogP contribution is 2.24. The molecule has 2 fully saturated rings. The van der Waals surface area contributed by atoms with Crippen molar-refractivity contribution in [3.05, 3.63) is 0 Å². The third-order valence-corrected chi connectivity index (χ3v) is 6.49. The second-order valence-electron chi connectivity index (χ2n) is 6.00. The van der Waals surface area contributed by atoms with Crippen LogP contribution < -0.4 is 5.32 Å². The molecule has 0 amide bonds. The van der Waals surface area contributed by atoms with Crippen molar-refractivity contribution in [1.82, 2.24) is 9.62 Å². The second-order valence-corrected chi connectivity index (χ2v) is 8.01. The van der Waals surface area contributed by atoms with Crippen molar-refractivity contribution in [2.45, 2.75) is 51.7 Å². The van der Waals surface area contributed by atoms with Crippen molar-refractivity contribution in [3.8, 4) is 0 Å². The number of sulfonamides is 1. The van der Waals surface area contributed by atoms with Crippen LogP contribution in [0, 0.1) is 5.92 Å². The van der Waals surface area contributed by atoms with E-state index >= 15 is 0 Å². The molecule has 0 radical (unpaired) electrons. The van der Waals surface area contributed by atoms with Crippen molar-refractivity contribution in [2.24, 2.45) is 5.92 Å². The van der Waals surface area contributed by atoms with Gasteiger partial charge in [-0.05, 0) is 45.1 Å². The highest BCUT2D eigenvalue weighted by atomic mass is 32.2. The number of rotatable bonds is 6. The van der Waals surface area contributed by atoms with E-state index in [2.05, 4.69) is 19.2 Å². The first kappa shape index (κ1) is 16.2. The lowest BCUT2D eigenvalue weighted by Gasteiger charge is -2.34. The van der Waals surface area contributed by atoms with Crippen molar-refractivity contribution < 1.29 is 13.2 Å². The molecule has 0 aromatic carbocycles. The van der Waals surface area contributed by atoms with Crippen LogP contribution in [0.25, 0.3) is 0 Å². The molecule has 2 aliphatic heterocycles. The summed E-state index contributed by atoms with van der Waals surface area (Å²) in [6, 6.07) is 0.475. The minimum atomic E-state index is -3.14. The second kappa shape index (κ2) is 7.20. The third-order valence-electron chi connectivity index (χ3n) is 4.55. The molecule has 2 saturated heterocycles. The van der Waals surface area contributed by atoms with Gasteiger partial charge in [-0.25, -0.2) is 12.7 Å². The fourth-order valence-electron chi connectivity index (χ4n) is 3.26. The zero-order valence-corrected chi connectivity index (χ0v) is 13.5. The van der Waals surface area contributed by atoms with Gasteiger partial charge in [-0.1, -0.05) is 6.92 Å². The van der Waals surface area contributed by atoms with E-state index in [-0.39, 0.29) is 11.9 Å². The fourth-order valence-corrected chi connectivity index (χ4v) is 4.97. The van der Waals surface area contributed by atoms with Crippen LogP contribution in [0.1, 0.15) is 39.5 Å². The summed E-state index contributed by atoms with van der Waals surface area (Å²) in [5.41, 5.74) is 0. The molecule has 1 N–H and O–H groups in total. The molecule has 0 saturated carbocycles. The van der Waals surface area contributed by atoms with Gasteiger partial charge in [0.05, 0.1) is 11.9 Å². The first-order valence-electron chi connectivity index (χ1n) is 7.85. The first-order valence-corrected chi connectivity index (χ1v) is 9.46. The average molecular weight is 304 g/mol. The van der Waals surface area contributed by atoms with Gasteiger partial charge in [0, 0.05) is 25.7 Å². The Hall–Kier alpha value is -0.170. The van der Waals surface area contributed by atoms with Gasteiger partial charge in [0.1, 0.15) is 0 Å². The summed E-state index contributed by atoms with van der Waals surface area (Å²) in [5.74, 6) is 0.754. The molecular weight excluding hydrogens is 276 g/mol. The monoisotopic (exact) mass is 304 g/mol. The van der Waals surface area contributed by atoms with Gasteiger partial charge < -0.3 is 10.1 Å². The molecular formula is C14H28N2O3S. The summed E-state index contributed by atoms with van der Waals surface area (Å²) in [7, 11) is -3.14. The summed E-state index contributed by atoms with van der Waals surface area (Å²) in [6.07, 6.45) is 3.70. The highest BCUT2D eigenvalue weighted by molar-refractivity contribution is 7.89. The van der Waals surface area contributed by atoms with Gasteiger partial charge in [0.15, 0.2) is 0 Å². The van der Waals surface area contributed by atoms with Gasteiger partial charge in [-0.3, -0.25) is 0 Å². The van der Waals surface area contributed by atoms with Gasteiger partial charge >= 0.3 is 0 Å². The summed E-state index contributed by atoms with van der Waals surface area (Å²) < 4.78 is 31.9. The van der Waals surface area contributed by atoms with Gasteiger partial charge in [-0.2, -0.15) is 0 Å². The van der Waals surface area contributed by atoms with Gasteiger partial charge in [0.2, 0.25) is 10.0 Å². The van der Waals surface area contributed by atoms with E-state index in [4.69, 9.17) is 4.74 Å². The summed E-state index contributed by atoms with van der Waals surface area (Å²) in [5, 5.41) is 3.44. The van der Waals surface area contributed by atoms with Crippen molar-refractivity contribution in [2.75, 3.05) is 32.0 Å². The van der Waals surface area contributed by atoms with E-state index in [9.17, 15) is 8.42 Å². The first-order chi connectivity index (χ1) is 9.53. The lowest BCUT2D eigenvalue weighted by atomic mass is 9.91. The number of hydrogen-bond donors (Lipinski definition) is 1. The summed E-state index contributed by atoms with van der Waals surface area (Å²) in [6.45, 7) is 7.31. The molecule has 2 unspecified atom stereocenters. The minimum Gasteiger partial charge on any atom is -0.377 e. The number of hydrogen-bond acceptors (Lipinski definition) is 4. The average Bonchev–Trinajstić information content (AvgIpc) is 2.91. The predicted molar refractivity (Wildman–Crippen MR) is 80.2 cm³/mol. The molecule has 2 atom stereocenters. The van der Waals surface area contributed by atoms with Crippen LogP contribution in [0.3, 0.4) is 0 Å². The normalized spacial score (nSPS) is 27.8. The molecule has 2 aliphatic rings. The van der Waals surface area contributed by atoms with Crippen LogP contribution in [-0.4, -0.2) is 56.9 Å². The zero-order chi connectivity index (χ0) is 14.6. The quantitative estimate of drug-likeness (QED) is 0.801. The molecule has 20 heavy (non-hydrogen) atoms. The minimum absolute atomic E-state index is 0.0848. The molecule has 0 bridgehead atoms.